The molecule has 0 bridgehead atoms. The van der Waals surface area contributed by atoms with E-state index in [-0.39, 0.29) is 6.04 Å². The Hall–Kier alpha value is -2.23. The molecule has 2 nitrogen and oxygen atoms in total. The maximum absolute atomic E-state index is 6.01. The van der Waals surface area contributed by atoms with Gasteiger partial charge in [-0.3, -0.25) is 0 Å². The zero-order valence-corrected chi connectivity index (χ0v) is 15.8. The highest BCUT2D eigenvalue weighted by molar-refractivity contribution is 7.98. The minimum atomic E-state index is 0.262. The number of benzene rings is 3. The molecule has 1 aliphatic heterocycles. The van der Waals surface area contributed by atoms with Crippen LogP contribution in [0, 0.1) is 0 Å². The minimum absolute atomic E-state index is 0.262. The molecule has 3 aromatic carbocycles. The third-order valence-corrected chi connectivity index (χ3v) is 5.61. The van der Waals surface area contributed by atoms with E-state index < -0.39 is 0 Å². The zero-order chi connectivity index (χ0) is 17.8. The van der Waals surface area contributed by atoms with Gasteiger partial charge in [0, 0.05) is 11.4 Å². The van der Waals surface area contributed by atoms with Crippen LogP contribution in [0.5, 0.6) is 5.75 Å². The predicted molar refractivity (Wildman–Crippen MR) is 109 cm³/mol. The van der Waals surface area contributed by atoms with E-state index in [1.807, 2.05) is 18.2 Å². The second-order valence-electron chi connectivity index (χ2n) is 6.55. The average Bonchev–Trinajstić information content (AvgIpc) is 2.72. The Kier molecular flexibility index (Phi) is 5.28. The van der Waals surface area contributed by atoms with Gasteiger partial charge in [0.1, 0.15) is 12.4 Å². The van der Waals surface area contributed by atoms with E-state index in [1.165, 1.54) is 27.1 Å². The normalized spacial score (nSPS) is 16.1. The smallest absolute Gasteiger partial charge is 0.120 e. The third-order valence-electron chi connectivity index (χ3n) is 4.87. The number of thioether (sulfide) groups is 1. The molecule has 0 aliphatic carbocycles. The molecule has 0 radical (unpaired) electrons. The van der Waals surface area contributed by atoms with E-state index in [9.17, 15) is 0 Å². The van der Waals surface area contributed by atoms with Crippen molar-refractivity contribution in [3.05, 3.63) is 95.1 Å². The van der Waals surface area contributed by atoms with Crippen LogP contribution >= 0.6 is 11.8 Å². The molecule has 1 aliphatic rings. The van der Waals surface area contributed by atoms with Crippen LogP contribution in [-0.2, 0) is 13.0 Å². The summed E-state index contributed by atoms with van der Waals surface area (Å²) in [4.78, 5) is 1.30. The number of hydrogen-bond acceptors (Lipinski definition) is 3. The van der Waals surface area contributed by atoms with Crippen LogP contribution in [0.1, 0.15) is 28.3 Å². The summed E-state index contributed by atoms with van der Waals surface area (Å²) >= 11 is 1.78. The lowest BCUT2D eigenvalue weighted by atomic mass is 9.90. The maximum atomic E-state index is 6.01. The standard InChI is InChI=1S/C23H23NOS/c1-26-21-10-7-18(8-11-21)23-22-12-9-20(15-19(22)13-14-24-23)25-16-17-5-3-2-4-6-17/h2-12,15,23-24H,13-14,16H2,1H3. The minimum Gasteiger partial charge on any atom is -0.489 e. The highest BCUT2D eigenvalue weighted by Gasteiger charge is 2.21. The number of nitrogens with one attached hydrogen (secondary N) is 1. The molecule has 1 N–H and O–H groups in total. The van der Waals surface area contributed by atoms with Gasteiger partial charge in [0.25, 0.3) is 0 Å². The van der Waals surface area contributed by atoms with E-state index in [1.54, 1.807) is 11.8 Å². The lowest BCUT2D eigenvalue weighted by Crippen LogP contribution is -2.30. The topological polar surface area (TPSA) is 21.3 Å². The molecule has 1 atom stereocenters. The van der Waals surface area contributed by atoms with Gasteiger partial charge >= 0.3 is 0 Å². The highest BCUT2D eigenvalue weighted by Crippen LogP contribution is 2.32. The summed E-state index contributed by atoms with van der Waals surface area (Å²) in [5.41, 5.74) is 5.26. The van der Waals surface area contributed by atoms with Gasteiger partial charge in [-0.1, -0.05) is 48.5 Å². The van der Waals surface area contributed by atoms with Crippen molar-refractivity contribution in [2.75, 3.05) is 12.8 Å². The Bertz CT molecular complexity index is 861. The SMILES string of the molecule is CSc1ccc(C2NCCc3cc(OCc4ccccc4)ccc32)cc1. The molecule has 0 saturated carbocycles. The maximum Gasteiger partial charge on any atom is 0.120 e. The summed E-state index contributed by atoms with van der Waals surface area (Å²) in [6.45, 7) is 1.60. The molecular formula is C23H23NOS. The third kappa shape index (κ3) is 3.79. The first kappa shape index (κ1) is 17.2. The van der Waals surface area contributed by atoms with Crippen molar-refractivity contribution >= 4 is 11.8 Å². The van der Waals surface area contributed by atoms with E-state index in [4.69, 9.17) is 4.74 Å². The summed E-state index contributed by atoms with van der Waals surface area (Å²) < 4.78 is 6.01. The van der Waals surface area contributed by atoms with Crippen LogP contribution in [0.2, 0.25) is 0 Å². The lowest BCUT2D eigenvalue weighted by molar-refractivity contribution is 0.305. The van der Waals surface area contributed by atoms with E-state index in [2.05, 4.69) is 66.2 Å². The first-order valence-corrected chi connectivity index (χ1v) is 10.2. The molecule has 1 unspecified atom stereocenters. The van der Waals surface area contributed by atoms with Crippen molar-refractivity contribution in [1.29, 1.82) is 0 Å². The molecule has 0 amide bonds. The molecule has 0 saturated heterocycles. The number of rotatable bonds is 5. The Morgan fingerprint density at radius 1 is 1.00 bits per heavy atom. The largest absolute Gasteiger partial charge is 0.489 e. The van der Waals surface area contributed by atoms with E-state index >= 15 is 0 Å². The Balaban J connectivity index is 1.53. The number of ether oxygens (including phenoxy) is 1. The molecule has 0 aromatic heterocycles. The van der Waals surface area contributed by atoms with Gasteiger partial charge in [0.2, 0.25) is 0 Å². The van der Waals surface area contributed by atoms with E-state index in [0.717, 1.165) is 18.7 Å². The zero-order valence-electron chi connectivity index (χ0n) is 14.9. The average molecular weight is 362 g/mol. The monoisotopic (exact) mass is 361 g/mol. The molecule has 3 heteroatoms. The molecule has 3 aromatic rings. The fourth-order valence-electron chi connectivity index (χ4n) is 3.47. The van der Waals surface area contributed by atoms with Gasteiger partial charge in [-0.05, 0) is 59.2 Å². The van der Waals surface area contributed by atoms with Gasteiger partial charge in [-0.2, -0.15) is 0 Å². The van der Waals surface area contributed by atoms with Crippen molar-refractivity contribution in [1.82, 2.24) is 5.32 Å². The van der Waals surface area contributed by atoms with E-state index in [0.29, 0.717) is 6.61 Å². The number of fused-ring (bicyclic) bond motifs is 1. The number of hydrogen-bond donors (Lipinski definition) is 1. The lowest BCUT2D eigenvalue weighted by Gasteiger charge is -2.28. The van der Waals surface area contributed by atoms with Crippen molar-refractivity contribution in [2.45, 2.75) is 24.0 Å². The van der Waals surface area contributed by atoms with Crippen molar-refractivity contribution < 1.29 is 4.74 Å². The summed E-state index contributed by atoms with van der Waals surface area (Å²) in [5, 5.41) is 3.66. The van der Waals surface area contributed by atoms with Crippen LogP contribution in [0.4, 0.5) is 0 Å². The van der Waals surface area contributed by atoms with Gasteiger partial charge in [-0.25, -0.2) is 0 Å². The van der Waals surface area contributed by atoms with Gasteiger partial charge in [-0.15, -0.1) is 11.8 Å². The Morgan fingerprint density at radius 3 is 2.58 bits per heavy atom. The van der Waals surface area contributed by atoms with Gasteiger partial charge in [0.15, 0.2) is 0 Å². The fraction of sp³-hybridized carbons (Fsp3) is 0.217. The molecule has 0 fully saturated rings. The van der Waals surface area contributed by atoms with Crippen LogP contribution in [0.25, 0.3) is 0 Å². The summed E-state index contributed by atoms with van der Waals surface area (Å²) in [6.07, 6.45) is 3.15. The Morgan fingerprint density at radius 2 is 1.81 bits per heavy atom. The van der Waals surface area contributed by atoms with Crippen molar-refractivity contribution in [3.8, 4) is 5.75 Å². The van der Waals surface area contributed by atoms with Crippen LogP contribution in [0.3, 0.4) is 0 Å². The second-order valence-corrected chi connectivity index (χ2v) is 7.42. The van der Waals surface area contributed by atoms with Crippen molar-refractivity contribution in [3.63, 3.8) is 0 Å². The van der Waals surface area contributed by atoms with Crippen LogP contribution in [0.15, 0.2) is 77.7 Å². The molecule has 132 valence electrons. The Labute approximate surface area is 159 Å². The first-order chi connectivity index (χ1) is 12.8. The van der Waals surface area contributed by atoms with Gasteiger partial charge < -0.3 is 10.1 Å². The molecule has 1 heterocycles. The van der Waals surface area contributed by atoms with Crippen LogP contribution < -0.4 is 10.1 Å². The predicted octanol–water partition coefficient (Wildman–Crippen LogP) is 5.22. The molecular weight excluding hydrogens is 338 g/mol. The van der Waals surface area contributed by atoms with Gasteiger partial charge in [0.05, 0.1) is 6.04 Å². The molecule has 0 spiro atoms. The first-order valence-electron chi connectivity index (χ1n) is 9.00. The summed E-state index contributed by atoms with van der Waals surface area (Å²) in [6, 6.07) is 26.0. The highest BCUT2D eigenvalue weighted by atomic mass is 32.2. The van der Waals surface area contributed by atoms with Crippen LogP contribution in [-0.4, -0.2) is 12.8 Å². The molecule has 4 rings (SSSR count). The van der Waals surface area contributed by atoms with Crippen molar-refractivity contribution in [2.24, 2.45) is 0 Å². The summed E-state index contributed by atoms with van der Waals surface area (Å²) in [7, 11) is 0. The fourth-order valence-corrected chi connectivity index (χ4v) is 3.87. The quantitative estimate of drug-likeness (QED) is 0.629. The second kappa shape index (κ2) is 7.98. The molecule has 26 heavy (non-hydrogen) atoms. The summed E-state index contributed by atoms with van der Waals surface area (Å²) in [5.74, 6) is 0.950.